The number of hydrogen-bond acceptors (Lipinski definition) is 13. The molecule has 16 nitrogen and oxygen atoms in total. The summed E-state index contributed by atoms with van der Waals surface area (Å²) < 4.78 is 33.3. The summed E-state index contributed by atoms with van der Waals surface area (Å²) in [5, 5.41) is 6.20. The molecule has 0 radical (unpaired) electrons. The van der Waals surface area contributed by atoms with Gasteiger partial charge in [0.15, 0.2) is 17.8 Å². The largest absolute Gasteiger partial charge is 0.467 e. The van der Waals surface area contributed by atoms with Crippen molar-refractivity contribution < 1.29 is 57.2 Å². The molecule has 1 saturated heterocycles. The molecule has 0 aromatic heterocycles. The Labute approximate surface area is 275 Å². The first-order valence-corrected chi connectivity index (χ1v) is 16.0. The molecule has 0 spiro atoms. The van der Waals surface area contributed by atoms with Crippen molar-refractivity contribution in [3.05, 3.63) is 10.4 Å². The lowest BCUT2D eigenvalue weighted by molar-refractivity contribution is -0.243. The maximum atomic E-state index is 13.5. The molecule has 0 aliphatic carbocycles. The van der Waals surface area contributed by atoms with Crippen molar-refractivity contribution in [2.75, 3.05) is 20.3 Å². The normalized spacial score (nSPS) is 21.6. The third kappa shape index (κ3) is 15.5. The fourth-order valence-corrected chi connectivity index (χ4v) is 5.67. The number of carbonyl (C=O) groups excluding carboxylic acids is 6. The van der Waals surface area contributed by atoms with Crippen LogP contribution in [0.25, 0.3) is 10.4 Å². The maximum absolute atomic E-state index is 13.5. The van der Waals surface area contributed by atoms with Gasteiger partial charge in [-0.2, -0.15) is 0 Å². The lowest BCUT2D eigenvalue weighted by Gasteiger charge is -2.49. The lowest BCUT2D eigenvalue weighted by Crippen LogP contribution is -2.68. The minimum atomic E-state index is -1.71. The van der Waals surface area contributed by atoms with Crippen LogP contribution in [0.1, 0.15) is 105 Å². The highest BCUT2D eigenvalue weighted by Crippen LogP contribution is 2.39. The summed E-state index contributed by atoms with van der Waals surface area (Å²) in [6.07, 6.45) is 2.51. The van der Waals surface area contributed by atoms with Gasteiger partial charge in [-0.3, -0.25) is 24.0 Å². The van der Waals surface area contributed by atoms with E-state index in [9.17, 15) is 28.8 Å². The van der Waals surface area contributed by atoms with E-state index in [4.69, 9.17) is 34.0 Å². The number of amides is 1. The van der Waals surface area contributed by atoms with Crippen molar-refractivity contribution in [1.82, 2.24) is 5.32 Å². The van der Waals surface area contributed by atoms with E-state index in [1.54, 1.807) is 0 Å². The van der Waals surface area contributed by atoms with Gasteiger partial charge >= 0.3 is 29.8 Å². The number of nitrogens with one attached hydrogen (secondary N) is 1. The Morgan fingerprint density at radius 2 is 1.43 bits per heavy atom. The highest BCUT2D eigenvalue weighted by atomic mass is 16.6. The van der Waals surface area contributed by atoms with Crippen LogP contribution in [0.15, 0.2) is 5.11 Å². The number of ether oxygens (including phenoxy) is 6. The van der Waals surface area contributed by atoms with Gasteiger partial charge in [0, 0.05) is 52.5 Å². The van der Waals surface area contributed by atoms with Gasteiger partial charge in [0.1, 0.15) is 18.8 Å². The van der Waals surface area contributed by atoms with E-state index in [0.29, 0.717) is 13.0 Å². The monoisotopic (exact) mass is 670 g/mol. The zero-order valence-electron chi connectivity index (χ0n) is 28.3. The predicted molar refractivity (Wildman–Crippen MR) is 165 cm³/mol. The van der Waals surface area contributed by atoms with Gasteiger partial charge in [0.05, 0.1) is 13.2 Å². The standard InChI is InChI=1S/C31H50N4O12/c1-20(36)34-27-25(44-22(3)38)18-31(30(41)42-6,16-14-12-10-8-7-9-11-13-15-17-33-35-32)47-29(27)28(46-24(5)40)26(45-23(4)39)19-43-21(2)37/h25-29H,7-19H2,1-6H3,(H,34,36)/t25-,26+,27+,28+,29+,31+/m0/s1. The molecular formula is C31H50N4O12. The Bertz CT molecular complexity index is 1110. The lowest BCUT2D eigenvalue weighted by atomic mass is 9.80. The van der Waals surface area contributed by atoms with Gasteiger partial charge < -0.3 is 33.7 Å². The highest BCUT2D eigenvalue weighted by Gasteiger charge is 2.57. The molecule has 6 atom stereocenters. The Morgan fingerprint density at radius 1 is 0.851 bits per heavy atom. The van der Waals surface area contributed by atoms with Crippen molar-refractivity contribution in [2.24, 2.45) is 5.11 Å². The molecule has 1 heterocycles. The van der Waals surface area contributed by atoms with Crippen LogP contribution in [0, 0.1) is 0 Å². The minimum Gasteiger partial charge on any atom is -0.467 e. The molecule has 0 saturated carbocycles. The molecule has 0 aromatic carbocycles. The summed E-state index contributed by atoms with van der Waals surface area (Å²) in [6, 6.07) is -1.18. The van der Waals surface area contributed by atoms with E-state index >= 15 is 0 Å². The predicted octanol–water partition coefficient (Wildman–Crippen LogP) is 3.76. The fourth-order valence-electron chi connectivity index (χ4n) is 5.67. The zero-order chi connectivity index (χ0) is 35.4. The molecule has 1 aliphatic heterocycles. The average molecular weight is 671 g/mol. The molecule has 0 aromatic rings. The van der Waals surface area contributed by atoms with Crippen molar-refractivity contribution in [3.8, 4) is 0 Å². The Hall–Kier alpha value is -3.91. The van der Waals surface area contributed by atoms with Crippen LogP contribution in [0.4, 0.5) is 0 Å². The fraction of sp³-hybridized carbons (Fsp3) is 0.806. The van der Waals surface area contributed by atoms with Crippen LogP contribution in [0.5, 0.6) is 0 Å². The molecule has 0 bridgehead atoms. The average Bonchev–Trinajstić information content (AvgIpc) is 2.98. The number of methoxy groups -OCH3 is 1. The van der Waals surface area contributed by atoms with E-state index in [0.717, 1.165) is 72.1 Å². The quantitative estimate of drug-likeness (QED) is 0.0461. The number of esters is 5. The molecule has 16 heteroatoms. The Balaban J connectivity index is 3.34. The Kier molecular flexibility index (Phi) is 19.1. The molecule has 1 amide bonds. The first kappa shape index (κ1) is 41.1. The summed E-state index contributed by atoms with van der Waals surface area (Å²) in [7, 11) is 1.18. The van der Waals surface area contributed by atoms with Gasteiger partial charge in [-0.25, -0.2) is 4.79 Å². The van der Waals surface area contributed by atoms with Crippen LogP contribution in [0.2, 0.25) is 0 Å². The van der Waals surface area contributed by atoms with Crippen LogP contribution in [-0.4, -0.2) is 92.1 Å². The second-order valence-corrected chi connectivity index (χ2v) is 11.6. The highest BCUT2D eigenvalue weighted by molar-refractivity contribution is 5.80. The van der Waals surface area contributed by atoms with E-state index in [1.807, 2.05) is 0 Å². The van der Waals surface area contributed by atoms with Crippen LogP contribution in [-0.2, 0) is 57.2 Å². The minimum absolute atomic E-state index is 0.134. The molecular weight excluding hydrogens is 620 g/mol. The van der Waals surface area contributed by atoms with E-state index in [-0.39, 0.29) is 12.8 Å². The van der Waals surface area contributed by atoms with Crippen molar-refractivity contribution >= 4 is 35.8 Å². The topological polar surface area (TPSA) is 219 Å². The summed E-state index contributed by atoms with van der Waals surface area (Å²) in [5.74, 6) is -4.36. The first-order valence-electron chi connectivity index (χ1n) is 16.0. The van der Waals surface area contributed by atoms with Crippen molar-refractivity contribution in [1.29, 1.82) is 0 Å². The van der Waals surface area contributed by atoms with Gasteiger partial charge in [-0.05, 0) is 24.8 Å². The number of rotatable bonds is 21. The number of carbonyl (C=O) groups is 6. The summed E-state index contributed by atoms with van der Waals surface area (Å²) in [6.45, 7) is 5.68. The molecule has 1 aliphatic rings. The molecule has 266 valence electrons. The maximum Gasteiger partial charge on any atom is 0.338 e. The van der Waals surface area contributed by atoms with Crippen LogP contribution in [0.3, 0.4) is 0 Å². The molecule has 1 fully saturated rings. The third-order valence-electron chi connectivity index (χ3n) is 7.55. The van der Waals surface area contributed by atoms with Crippen LogP contribution < -0.4 is 5.32 Å². The SMILES string of the molecule is COC(=O)[C@@]1(CCCCCCCCCCCN=[N+]=[N-])C[C@H](OC(C)=O)[C@@H](NC(C)=O)[C@H]([C@H](OC(C)=O)[C@@H](COC(C)=O)OC(C)=O)O1. The van der Waals surface area contributed by atoms with Crippen molar-refractivity contribution in [2.45, 2.75) is 141 Å². The summed E-state index contributed by atoms with van der Waals surface area (Å²) >= 11 is 0. The van der Waals surface area contributed by atoms with Gasteiger partial charge in [-0.1, -0.05) is 50.1 Å². The van der Waals surface area contributed by atoms with Gasteiger partial charge in [0.25, 0.3) is 0 Å². The molecule has 0 unspecified atom stereocenters. The van der Waals surface area contributed by atoms with Crippen LogP contribution >= 0.6 is 0 Å². The molecule has 1 N–H and O–H groups in total. The number of unbranched alkanes of at least 4 members (excludes halogenated alkanes) is 8. The second-order valence-electron chi connectivity index (χ2n) is 11.6. The Morgan fingerprint density at radius 3 is 1.91 bits per heavy atom. The first-order chi connectivity index (χ1) is 22.3. The van der Waals surface area contributed by atoms with Gasteiger partial charge in [-0.15, -0.1) is 0 Å². The zero-order valence-corrected chi connectivity index (χ0v) is 28.3. The smallest absolute Gasteiger partial charge is 0.338 e. The molecule has 1 rings (SSSR count). The molecule has 47 heavy (non-hydrogen) atoms. The third-order valence-corrected chi connectivity index (χ3v) is 7.55. The van der Waals surface area contributed by atoms with E-state index in [2.05, 4.69) is 15.3 Å². The second kappa shape index (κ2) is 21.8. The van der Waals surface area contributed by atoms with Gasteiger partial charge in [0.2, 0.25) is 5.91 Å². The summed E-state index contributed by atoms with van der Waals surface area (Å²) in [4.78, 5) is 77.0. The number of azide groups is 1. The summed E-state index contributed by atoms with van der Waals surface area (Å²) in [5.41, 5.74) is 6.63. The number of nitrogens with zero attached hydrogens (tertiary/aromatic N) is 3. The van der Waals surface area contributed by atoms with E-state index < -0.39 is 78.4 Å². The number of hydrogen-bond donors (Lipinski definition) is 1. The van der Waals surface area contributed by atoms with E-state index in [1.165, 1.54) is 21.0 Å². The van der Waals surface area contributed by atoms with Crippen molar-refractivity contribution in [3.63, 3.8) is 0 Å².